The molecule has 0 spiro atoms. The first-order valence-corrected chi connectivity index (χ1v) is 24.2. The zero-order valence-electron chi connectivity index (χ0n) is 39.4. The Morgan fingerprint density at radius 2 is 1.20 bits per heavy atom. The second-order valence-electron chi connectivity index (χ2n) is 23.0. The van der Waals surface area contributed by atoms with Crippen molar-refractivity contribution in [3.05, 3.63) is 23.3 Å². The molecule has 0 bridgehead atoms. The first-order valence-electron chi connectivity index (χ1n) is 24.2. The molecule has 0 radical (unpaired) electrons. The van der Waals surface area contributed by atoms with Gasteiger partial charge in [0.1, 0.15) is 67.1 Å². The minimum Gasteiger partial charge on any atom is -0.396 e. The molecule has 4 saturated carbocycles. The van der Waals surface area contributed by atoms with E-state index >= 15 is 0 Å². The molecule has 0 amide bonds. The van der Waals surface area contributed by atoms with Gasteiger partial charge in [0.15, 0.2) is 18.9 Å². The molecular formula is C48H78O18. The molecule has 3 heterocycles. The summed E-state index contributed by atoms with van der Waals surface area (Å²) in [4.78, 5) is 0. The molecule has 5 aliphatic carbocycles. The van der Waals surface area contributed by atoms with Gasteiger partial charge < -0.3 is 89.7 Å². The van der Waals surface area contributed by atoms with Gasteiger partial charge in [-0.15, -0.1) is 0 Å². The van der Waals surface area contributed by atoms with E-state index in [-0.39, 0.29) is 46.7 Å². The van der Waals surface area contributed by atoms with Crippen LogP contribution in [0.2, 0.25) is 0 Å². The van der Waals surface area contributed by atoms with Crippen LogP contribution in [-0.4, -0.2) is 192 Å². The third kappa shape index (κ3) is 7.75. The smallest absolute Gasteiger partial charge is 0.187 e. The molecule has 0 aromatic heterocycles. The summed E-state index contributed by atoms with van der Waals surface area (Å²) < 4.78 is 36.1. The van der Waals surface area contributed by atoms with Crippen LogP contribution >= 0.6 is 0 Å². The fourth-order valence-corrected chi connectivity index (χ4v) is 14.5. The van der Waals surface area contributed by atoms with Gasteiger partial charge in [-0.25, -0.2) is 0 Å². The highest BCUT2D eigenvalue weighted by Crippen LogP contribution is 2.74. The molecule has 8 aliphatic rings. The molecule has 66 heavy (non-hydrogen) atoms. The molecule has 378 valence electrons. The van der Waals surface area contributed by atoms with Gasteiger partial charge in [0, 0.05) is 16.2 Å². The van der Waals surface area contributed by atoms with Crippen molar-refractivity contribution in [1.29, 1.82) is 0 Å². The maximum absolute atomic E-state index is 12.1. The van der Waals surface area contributed by atoms with Crippen molar-refractivity contribution in [1.82, 2.24) is 0 Å². The van der Waals surface area contributed by atoms with Gasteiger partial charge in [-0.2, -0.15) is 0 Å². The summed E-state index contributed by atoms with van der Waals surface area (Å²) in [7, 11) is 0. The highest BCUT2D eigenvalue weighted by molar-refractivity contribution is 5.46. The molecule has 7 fully saturated rings. The molecule has 0 unspecified atom stereocenters. The van der Waals surface area contributed by atoms with Gasteiger partial charge in [-0.3, -0.25) is 0 Å². The zero-order valence-corrected chi connectivity index (χ0v) is 39.4. The summed E-state index contributed by atoms with van der Waals surface area (Å²) >= 11 is 0. The van der Waals surface area contributed by atoms with E-state index in [2.05, 4.69) is 46.8 Å². The quantitative estimate of drug-likeness (QED) is 0.123. The van der Waals surface area contributed by atoms with Gasteiger partial charge in [0.05, 0.1) is 44.7 Å². The largest absolute Gasteiger partial charge is 0.396 e. The van der Waals surface area contributed by atoms with Crippen molar-refractivity contribution >= 4 is 0 Å². The maximum atomic E-state index is 12.1. The third-order valence-electron chi connectivity index (χ3n) is 19.0. The fraction of sp³-hybridized carbons (Fsp3) is 0.917. The highest BCUT2D eigenvalue weighted by atomic mass is 16.8. The van der Waals surface area contributed by atoms with E-state index in [1.54, 1.807) is 6.92 Å². The third-order valence-corrected chi connectivity index (χ3v) is 19.0. The number of rotatable bonds is 10. The van der Waals surface area contributed by atoms with Crippen LogP contribution in [0.5, 0.6) is 0 Å². The number of ether oxygens (including phenoxy) is 6. The van der Waals surface area contributed by atoms with Crippen molar-refractivity contribution in [3.63, 3.8) is 0 Å². The van der Waals surface area contributed by atoms with Crippen molar-refractivity contribution < 1.29 is 89.7 Å². The summed E-state index contributed by atoms with van der Waals surface area (Å²) in [5.74, 6) is -0.0405. The number of aliphatic hydroxyl groups is 12. The predicted octanol–water partition coefficient (Wildman–Crippen LogP) is -0.495. The highest BCUT2D eigenvalue weighted by Gasteiger charge is 2.69. The summed E-state index contributed by atoms with van der Waals surface area (Å²) in [6.45, 7) is 13.2. The van der Waals surface area contributed by atoms with Crippen LogP contribution < -0.4 is 0 Å². The molecule has 0 aromatic rings. The second kappa shape index (κ2) is 18.1. The predicted molar refractivity (Wildman–Crippen MR) is 231 cm³/mol. The van der Waals surface area contributed by atoms with Gasteiger partial charge in [0.2, 0.25) is 0 Å². The zero-order chi connectivity index (χ0) is 48.3. The Morgan fingerprint density at radius 1 is 0.576 bits per heavy atom. The lowest BCUT2D eigenvalue weighted by Crippen LogP contribution is -2.67. The number of aliphatic hydroxyl groups excluding tert-OH is 12. The monoisotopic (exact) mass is 943 g/mol. The maximum Gasteiger partial charge on any atom is 0.187 e. The van der Waals surface area contributed by atoms with Crippen LogP contribution in [0.15, 0.2) is 23.3 Å². The number of fused-ring (bicyclic) bond motifs is 7. The van der Waals surface area contributed by atoms with Crippen molar-refractivity contribution in [2.75, 3.05) is 26.4 Å². The van der Waals surface area contributed by atoms with E-state index in [4.69, 9.17) is 28.4 Å². The van der Waals surface area contributed by atoms with E-state index in [1.165, 1.54) is 11.1 Å². The van der Waals surface area contributed by atoms with Gasteiger partial charge >= 0.3 is 0 Å². The Hall–Kier alpha value is -1.24. The minimum absolute atomic E-state index is 0.0425. The van der Waals surface area contributed by atoms with Crippen molar-refractivity contribution in [3.8, 4) is 0 Å². The lowest BCUT2D eigenvalue weighted by molar-refractivity contribution is -0.391. The second-order valence-corrected chi connectivity index (χ2v) is 23.0. The molecule has 3 aliphatic heterocycles. The number of allylic oxidation sites excluding steroid dienone is 4. The molecule has 12 N–H and O–H groups in total. The summed E-state index contributed by atoms with van der Waals surface area (Å²) in [6, 6.07) is 0. The van der Waals surface area contributed by atoms with E-state index < -0.39 is 128 Å². The van der Waals surface area contributed by atoms with Crippen LogP contribution in [0.4, 0.5) is 0 Å². The SMILES string of the molecule is C[C@H]1O[C@@H](O[C@H]2CC[C@]3(C)C4=CC=C5[C@@H]6CC(C)(C)CC[C@]6(CO)[C@@H](O)C[C@@]5(C)[C@]4(C)CC[C@H]3[C@]2(C)CO)[C@H](O)[C@@H](O[C@@H]2O[C@H](CO)[C@@H](O)[C@H](O)[C@H]2O[C@@H]2O[C@H](CO)[C@@H](O)[C@H](O)[C@H]2O)[C@H]1O. The fourth-order valence-electron chi connectivity index (χ4n) is 14.5. The van der Waals surface area contributed by atoms with E-state index in [0.717, 1.165) is 32.1 Å². The van der Waals surface area contributed by atoms with E-state index in [0.29, 0.717) is 19.3 Å². The van der Waals surface area contributed by atoms with Crippen LogP contribution in [0.1, 0.15) is 99.8 Å². The number of hydrogen-bond donors (Lipinski definition) is 12. The van der Waals surface area contributed by atoms with Crippen LogP contribution in [0.3, 0.4) is 0 Å². The van der Waals surface area contributed by atoms with Crippen LogP contribution in [-0.2, 0) is 28.4 Å². The Labute approximate surface area is 387 Å². The van der Waals surface area contributed by atoms with Gasteiger partial charge in [-0.1, -0.05) is 64.8 Å². The van der Waals surface area contributed by atoms with Crippen molar-refractivity contribution in [2.24, 2.45) is 44.3 Å². The summed E-state index contributed by atoms with van der Waals surface area (Å²) in [5, 5.41) is 131. The van der Waals surface area contributed by atoms with Crippen LogP contribution in [0, 0.1) is 44.3 Å². The molecule has 8 rings (SSSR count). The molecular weight excluding hydrogens is 865 g/mol. The van der Waals surface area contributed by atoms with E-state index in [1.807, 2.05) is 6.92 Å². The Bertz CT molecular complexity index is 1810. The Kier molecular flexibility index (Phi) is 14.0. The Balaban J connectivity index is 1.04. The summed E-state index contributed by atoms with van der Waals surface area (Å²) in [6.07, 6.45) is -15.3. The lowest BCUT2D eigenvalue weighted by Gasteiger charge is -2.69. The van der Waals surface area contributed by atoms with Gasteiger partial charge in [-0.05, 0) is 86.4 Å². The van der Waals surface area contributed by atoms with Crippen molar-refractivity contribution in [2.45, 2.75) is 204 Å². The normalized spacial score (nSPS) is 54.8. The van der Waals surface area contributed by atoms with E-state index in [9.17, 15) is 61.3 Å². The topological polar surface area (TPSA) is 298 Å². The lowest BCUT2D eigenvalue weighted by atomic mass is 9.35. The van der Waals surface area contributed by atoms with Gasteiger partial charge in [0.25, 0.3) is 0 Å². The molecule has 3 saturated heterocycles. The molecule has 24 atom stereocenters. The average molecular weight is 943 g/mol. The molecule has 0 aromatic carbocycles. The first-order chi connectivity index (χ1) is 30.9. The standard InChI is InChI=1S/C48H78O18/c1-22-31(54)38(65-42-39(35(58)33(56)26(19-50)63-42)66-40-36(59)34(57)32(55)25(18-49)62-40)37(60)41(61-22)64-30-11-12-44(4)27(45(30,5)20-51)10-13-46(6)28(44)9-8-23-24-16-43(2,3)14-15-48(24,21-52)29(53)17-47(23,46)7/h8-9,22,24-27,29-42,49-60H,10-21H2,1-7H3/t22-,24+,25-,26-,27-,29+,30+,31+,32-,33-,34+,35+,36-,37-,38+,39-,40+,41+,42+,44+,45+,46-,47-,48-/m1/s1. The molecule has 18 heteroatoms. The van der Waals surface area contributed by atoms with Crippen LogP contribution in [0.25, 0.3) is 0 Å². The summed E-state index contributed by atoms with van der Waals surface area (Å²) in [5.41, 5.74) is 0.179. The minimum atomic E-state index is -1.90. The average Bonchev–Trinajstić information content (AvgIpc) is 3.27. The first kappa shape index (κ1) is 51.1. The molecule has 18 nitrogen and oxygen atoms in total. The number of hydrogen-bond acceptors (Lipinski definition) is 18. The Morgan fingerprint density at radius 3 is 1.83 bits per heavy atom.